The number of likely N-dealkylation sites (tertiary alicyclic amines) is 1. The van der Waals surface area contributed by atoms with E-state index < -0.39 is 0 Å². The van der Waals surface area contributed by atoms with Gasteiger partial charge in [-0.2, -0.15) is 0 Å². The minimum Gasteiger partial charge on any atom is -0.497 e. The molecule has 0 radical (unpaired) electrons. The van der Waals surface area contributed by atoms with Gasteiger partial charge in [0.15, 0.2) is 0 Å². The lowest BCUT2D eigenvalue weighted by Gasteiger charge is -2.34. The molecule has 1 atom stereocenters. The highest BCUT2D eigenvalue weighted by Gasteiger charge is 2.30. The van der Waals surface area contributed by atoms with E-state index in [4.69, 9.17) is 9.47 Å². The molecule has 1 aliphatic heterocycles. The van der Waals surface area contributed by atoms with Gasteiger partial charge in [-0.3, -0.25) is 9.59 Å². The SMILES string of the molecule is COc1ccc2cc(C(=O)N3CCC([C@@H](C)C(=O)NCc4ccc(OC(C)C)cc4)CC3)[nH]c2c1. The summed E-state index contributed by atoms with van der Waals surface area (Å²) in [4.78, 5) is 30.9. The Morgan fingerprint density at radius 3 is 2.37 bits per heavy atom. The van der Waals surface area contributed by atoms with Crippen molar-refractivity contribution in [2.24, 2.45) is 11.8 Å². The quantitative estimate of drug-likeness (QED) is 0.490. The monoisotopic (exact) mass is 477 g/mol. The maximum atomic E-state index is 13.1. The van der Waals surface area contributed by atoms with Gasteiger partial charge in [0.05, 0.1) is 13.2 Å². The normalized spacial score (nSPS) is 15.3. The summed E-state index contributed by atoms with van der Waals surface area (Å²) in [5.74, 6) is 1.80. The van der Waals surface area contributed by atoms with Crippen molar-refractivity contribution in [2.45, 2.75) is 46.3 Å². The van der Waals surface area contributed by atoms with Gasteiger partial charge in [0.25, 0.3) is 5.91 Å². The van der Waals surface area contributed by atoms with Crippen LogP contribution in [-0.2, 0) is 11.3 Å². The first-order chi connectivity index (χ1) is 16.8. The number of rotatable bonds is 8. The van der Waals surface area contributed by atoms with Gasteiger partial charge < -0.3 is 24.7 Å². The summed E-state index contributed by atoms with van der Waals surface area (Å²) in [5.41, 5.74) is 2.51. The predicted molar refractivity (Wildman–Crippen MR) is 137 cm³/mol. The number of aromatic nitrogens is 1. The number of piperidine rings is 1. The largest absolute Gasteiger partial charge is 0.497 e. The fourth-order valence-electron chi connectivity index (χ4n) is 4.64. The molecular weight excluding hydrogens is 442 g/mol. The summed E-state index contributed by atoms with van der Waals surface area (Å²) in [7, 11) is 1.63. The number of hydrogen-bond acceptors (Lipinski definition) is 4. The Kier molecular flexibility index (Phi) is 7.63. The first-order valence-corrected chi connectivity index (χ1v) is 12.3. The third-order valence-electron chi connectivity index (χ3n) is 6.77. The average molecular weight is 478 g/mol. The molecule has 7 heteroatoms. The fourth-order valence-corrected chi connectivity index (χ4v) is 4.64. The van der Waals surface area contributed by atoms with Crippen LogP contribution >= 0.6 is 0 Å². The standard InChI is InChI=1S/C28H35N3O4/c1-18(2)35-23-8-5-20(6-9-23)17-29-27(32)19(3)21-11-13-31(14-12-21)28(33)26-15-22-7-10-24(34-4)16-25(22)30-26/h5-10,15-16,18-19,21,30H,11-14,17H2,1-4H3,(H,29,32)/t19-/m1/s1. The summed E-state index contributed by atoms with van der Waals surface area (Å²) in [5, 5.41) is 4.05. The zero-order valence-electron chi connectivity index (χ0n) is 21.0. The van der Waals surface area contributed by atoms with Gasteiger partial charge in [-0.15, -0.1) is 0 Å². The van der Waals surface area contributed by atoms with Crippen LogP contribution in [0.1, 0.15) is 49.7 Å². The van der Waals surface area contributed by atoms with Crippen LogP contribution in [0.4, 0.5) is 0 Å². The number of benzene rings is 2. The second-order valence-electron chi connectivity index (χ2n) is 9.58. The summed E-state index contributed by atoms with van der Waals surface area (Å²) in [6.07, 6.45) is 1.76. The van der Waals surface area contributed by atoms with Gasteiger partial charge in [-0.25, -0.2) is 0 Å². The zero-order chi connectivity index (χ0) is 24.9. The molecule has 0 unspecified atom stereocenters. The Morgan fingerprint density at radius 1 is 1.03 bits per heavy atom. The lowest BCUT2D eigenvalue weighted by Crippen LogP contribution is -2.42. The van der Waals surface area contributed by atoms with Gasteiger partial charge in [-0.1, -0.05) is 19.1 Å². The molecule has 4 rings (SSSR count). The Morgan fingerprint density at radius 2 is 1.71 bits per heavy atom. The van der Waals surface area contributed by atoms with E-state index in [9.17, 15) is 9.59 Å². The van der Waals surface area contributed by atoms with Crippen LogP contribution in [-0.4, -0.2) is 48.0 Å². The lowest BCUT2D eigenvalue weighted by molar-refractivity contribution is -0.126. The summed E-state index contributed by atoms with van der Waals surface area (Å²) in [6, 6.07) is 15.4. The van der Waals surface area contributed by atoms with Crippen molar-refractivity contribution < 1.29 is 19.1 Å². The molecule has 2 heterocycles. The van der Waals surface area contributed by atoms with Crippen LogP contribution in [0.25, 0.3) is 10.9 Å². The molecule has 2 aromatic carbocycles. The van der Waals surface area contributed by atoms with Crippen LogP contribution in [0.5, 0.6) is 11.5 Å². The van der Waals surface area contributed by atoms with Crippen molar-refractivity contribution in [1.29, 1.82) is 0 Å². The van der Waals surface area contributed by atoms with Crippen LogP contribution in [0.15, 0.2) is 48.5 Å². The smallest absolute Gasteiger partial charge is 0.270 e. The van der Waals surface area contributed by atoms with Gasteiger partial charge in [-0.05, 0) is 68.5 Å². The van der Waals surface area contributed by atoms with Crippen LogP contribution in [0, 0.1) is 11.8 Å². The maximum Gasteiger partial charge on any atom is 0.270 e. The molecule has 7 nitrogen and oxygen atoms in total. The van der Waals surface area contributed by atoms with E-state index in [1.54, 1.807) is 7.11 Å². The van der Waals surface area contributed by atoms with Crippen molar-refractivity contribution in [2.75, 3.05) is 20.2 Å². The summed E-state index contributed by atoms with van der Waals surface area (Å²) >= 11 is 0. The Labute approximate surface area is 206 Å². The van der Waals surface area contributed by atoms with Crippen molar-refractivity contribution >= 4 is 22.7 Å². The number of hydrogen-bond donors (Lipinski definition) is 2. The minimum absolute atomic E-state index is 0.000569. The highest BCUT2D eigenvalue weighted by Crippen LogP contribution is 2.27. The highest BCUT2D eigenvalue weighted by atomic mass is 16.5. The third-order valence-corrected chi connectivity index (χ3v) is 6.77. The second-order valence-corrected chi connectivity index (χ2v) is 9.58. The van der Waals surface area contributed by atoms with Crippen molar-refractivity contribution in [3.05, 3.63) is 59.8 Å². The van der Waals surface area contributed by atoms with Crippen molar-refractivity contribution in [3.63, 3.8) is 0 Å². The lowest BCUT2D eigenvalue weighted by atomic mass is 9.84. The van der Waals surface area contributed by atoms with E-state index in [2.05, 4.69) is 10.3 Å². The molecule has 0 aliphatic carbocycles. The van der Waals surface area contributed by atoms with Gasteiger partial charge in [0, 0.05) is 42.5 Å². The van der Waals surface area contributed by atoms with E-state index in [-0.39, 0.29) is 29.8 Å². The molecule has 3 aromatic rings. The van der Waals surface area contributed by atoms with E-state index >= 15 is 0 Å². The highest BCUT2D eigenvalue weighted by molar-refractivity contribution is 5.98. The van der Waals surface area contributed by atoms with Crippen LogP contribution < -0.4 is 14.8 Å². The second kappa shape index (κ2) is 10.8. The number of carbonyl (C=O) groups excluding carboxylic acids is 2. The van der Waals surface area contributed by atoms with E-state index in [1.165, 1.54) is 0 Å². The van der Waals surface area contributed by atoms with E-state index in [0.29, 0.717) is 25.3 Å². The van der Waals surface area contributed by atoms with Gasteiger partial charge >= 0.3 is 0 Å². The van der Waals surface area contributed by atoms with Gasteiger partial charge in [0.2, 0.25) is 5.91 Å². The molecule has 0 spiro atoms. The zero-order valence-corrected chi connectivity index (χ0v) is 21.0. The first-order valence-electron chi connectivity index (χ1n) is 12.3. The number of carbonyl (C=O) groups is 2. The maximum absolute atomic E-state index is 13.1. The Hall–Kier alpha value is -3.48. The Bertz CT molecular complexity index is 1160. The number of ether oxygens (including phenoxy) is 2. The molecular formula is C28H35N3O4. The van der Waals surface area contributed by atoms with Crippen LogP contribution in [0.2, 0.25) is 0 Å². The summed E-state index contributed by atoms with van der Waals surface area (Å²) < 4.78 is 10.9. The number of fused-ring (bicyclic) bond motifs is 1. The molecule has 35 heavy (non-hydrogen) atoms. The fraction of sp³-hybridized carbons (Fsp3) is 0.429. The number of methoxy groups -OCH3 is 1. The minimum atomic E-state index is -0.101. The average Bonchev–Trinajstić information content (AvgIpc) is 3.30. The van der Waals surface area contributed by atoms with Crippen molar-refractivity contribution in [1.82, 2.24) is 15.2 Å². The van der Waals surface area contributed by atoms with Crippen LogP contribution in [0.3, 0.4) is 0 Å². The predicted octanol–water partition coefficient (Wildman–Crippen LogP) is 4.77. The number of nitrogens with zero attached hydrogens (tertiary/aromatic N) is 1. The van der Waals surface area contributed by atoms with Crippen molar-refractivity contribution in [3.8, 4) is 11.5 Å². The topological polar surface area (TPSA) is 83.7 Å². The number of amides is 2. The third kappa shape index (κ3) is 5.96. The number of nitrogens with one attached hydrogen (secondary N) is 2. The molecule has 0 bridgehead atoms. The molecule has 2 N–H and O–H groups in total. The van der Waals surface area contributed by atoms with E-state index in [0.717, 1.165) is 40.8 Å². The van der Waals surface area contributed by atoms with Gasteiger partial charge in [0.1, 0.15) is 17.2 Å². The van der Waals surface area contributed by atoms with E-state index in [1.807, 2.05) is 74.2 Å². The number of H-pyrrole nitrogens is 1. The molecule has 2 amide bonds. The first kappa shape index (κ1) is 24.6. The number of aromatic amines is 1. The Balaban J connectivity index is 1.26. The molecule has 1 aliphatic rings. The molecule has 1 fully saturated rings. The molecule has 186 valence electrons. The molecule has 1 aromatic heterocycles. The summed E-state index contributed by atoms with van der Waals surface area (Å²) in [6.45, 7) is 7.77. The molecule has 1 saturated heterocycles. The molecule has 0 saturated carbocycles.